The molecule has 0 saturated heterocycles. The largest absolute Gasteiger partial charge is 0.486 e. The van der Waals surface area contributed by atoms with Crippen LogP contribution >= 0.6 is 11.6 Å². The molecule has 1 atom stereocenters. The first kappa shape index (κ1) is 32.8. The fourth-order valence-electron chi connectivity index (χ4n) is 5.20. The van der Waals surface area contributed by atoms with Crippen molar-refractivity contribution in [3.05, 3.63) is 119 Å². The van der Waals surface area contributed by atoms with Crippen LogP contribution in [0.4, 0.5) is 5.69 Å². The number of carbonyl (C=O) groups excluding carboxylic acids is 2. The highest BCUT2D eigenvalue weighted by Crippen LogP contribution is 2.36. The van der Waals surface area contributed by atoms with Gasteiger partial charge in [-0.15, -0.1) is 0 Å². The van der Waals surface area contributed by atoms with Gasteiger partial charge in [0.2, 0.25) is 11.8 Å². The van der Waals surface area contributed by atoms with Gasteiger partial charge in [0, 0.05) is 30.1 Å². The molecule has 0 aliphatic carbocycles. The molecule has 11 heteroatoms. The lowest BCUT2D eigenvalue weighted by Crippen LogP contribution is -2.54. The summed E-state index contributed by atoms with van der Waals surface area (Å²) in [6, 6.07) is 27.9. The number of rotatable bonds is 12. The molecule has 240 valence electrons. The van der Waals surface area contributed by atoms with Gasteiger partial charge in [-0.05, 0) is 61.4 Å². The first-order valence-electron chi connectivity index (χ1n) is 15.0. The number of sulfonamides is 1. The Morgan fingerprint density at radius 3 is 2.15 bits per heavy atom. The van der Waals surface area contributed by atoms with E-state index in [1.54, 1.807) is 54.6 Å². The van der Waals surface area contributed by atoms with Crippen LogP contribution in [0.25, 0.3) is 0 Å². The van der Waals surface area contributed by atoms with Crippen molar-refractivity contribution in [2.24, 2.45) is 0 Å². The second-order valence-corrected chi connectivity index (χ2v) is 13.5. The van der Waals surface area contributed by atoms with Crippen LogP contribution in [0.3, 0.4) is 0 Å². The van der Waals surface area contributed by atoms with Crippen LogP contribution in [0.1, 0.15) is 25.0 Å². The van der Waals surface area contributed by atoms with E-state index in [-0.39, 0.29) is 35.5 Å². The van der Waals surface area contributed by atoms with E-state index >= 15 is 0 Å². The molecule has 1 aliphatic heterocycles. The summed E-state index contributed by atoms with van der Waals surface area (Å²) in [5.74, 6) is -0.0759. The van der Waals surface area contributed by atoms with E-state index in [0.29, 0.717) is 35.3 Å². The lowest BCUT2D eigenvalue weighted by molar-refractivity contribution is -0.140. The van der Waals surface area contributed by atoms with Gasteiger partial charge in [-0.25, -0.2) is 8.42 Å². The topological polar surface area (TPSA) is 105 Å². The van der Waals surface area contributed by atoms with Crippen LogP contribution in [0.15, 0.2) is 108 Å². The molecular formula is C35H36ClN3O6S. The second-order valence-electron chi connectivity index (χ2n) is 11.2. The lowest BCUT2D eigenvalue weighted by Gasteiger charge is -2.34. The molecule has 0 fully saturated rings. The van der Waals surface area contributed by atoms with E-state index in [1.165, 1.54) is 17.0 Å². The molecule has 1 heterocycles. The van der Waals surface area contributed by atoms with Crippen molar-refractivity contribution in [3.8, 4) is 11.5 Å². The molecule has 46 heavy (non-hydrogen) atoms. The number of amides is 2. The van der Waals surface area contributed by atoms with Crippen molar-refractivity contribution >= 4 is 39.1 Å². The Morgan fingerprint density at radius 2 is 1.48 bits per heavy atom. The highest BCUT2D eigenvalue weighted by Gasteiger charge is 2.35. The molecule has 1 N–H and O–H groups in total. The zero-order valence-corrected chi connectivity index (χ0v) is 27.2. The van der Waals surface area contributed by atoms with E-state index in [4.69, 9.17) is 21.1 Å². The molecule has 0 aromatic heterocycles. The number of halogens is 1. The Hall–Kier alpha value is -4.54. The Labute approximate surface area is 274 Å². The van der Waals surface area contributed by atoms with E-state index in [0.717, 1.165) is 9.87 Å². The summed E-state index contributed by atoms with van der Waals surface area (Å²) < 4.78 is 40.8. The van der Waals surface area contributed by atoms with Gasteiger partial charge >= 0.3 is 0 Å². The predicted octanol–water partition coefficient (Wildman–Crippen LogP) is 5.47. The first-order valence-corrected chi connectivity index (χ1v) is 16.8. The molecule has 0 radical (unpaired) electrons. The molecule has 0 spiro atoms. The number of nitrogens with one attached hydrogen (secondary N) is 1. The average molecular weight is 662 g/mol. The van der Waals surface area contributed by atoms with Crippen molar-refractivity contribution in [1.82, 2.24) is 10.2 Å². The van der Waals surface area contributed by atoms with E-state index in [9.17, 15) is 18.0 Å². The second kappa shape index (κ2) is 14.7. The van der Waals surface area contributed by atoms with Crippen molar-refractivity contribution in [3.63, 3.8) is 0 Å². The molecule has 1 aliphatic rings. The minimum Gasteiger partial charge on any atom is -0.486 e. The van der Waals surface area contributed by atoms with Crippen LogP contribution < -0.4 is 19.1 Å². The third kappa shape index (κ3) is 7.99. The number of benzene rings is 4. The van der Waals surface area contributed by atoms with Crippen molar-refractivity contribution in [2.45, 2.75) is 43.8 Å². The Bertz CT molecular complexity index is 1770. The van der Waals surface area contributed by atoms with Crippen LogP contribution in [0.5, 0.6) is 11.5 Å². The maximum atomic E-state index is 14.6. The molecule has 5 rings (SSSR count). The van der Waals surface area contributed by atoms with Gasteiger partial charge in [0.05, 0.1) is 10.6 Å². The van der Waals surface area contributed by atoms with Gasteiger partial charge in [-0.2, -0.15) is 0 Å². The highest BCUT2D eigenvalue weighted by molar-refractivity contribution is 7.92. The Kier molecular flexibility index (Phi) is 10.5. The molecule has 4 aromatic rings. The van der Waals surface area contributed by atoms with Crippen LogP contribution in [0.2, 0.25) is 5.02 Å². The average Bonchev–Trinajstić information content (AvgIpc) is 3.05. The third-order valence-electron chi connectivity index (χ3n) is 7.37. The first-order chi connectivity index (χ1) is 22.1. The molecule has 0 unspecified atom stereocenters. The third-order valence-corrected chi connectivity index (χ3v) is 9.39. The summed E-state index contributed by atoms with van der Waals surface area (Å²) in [5, 5.41) is 3.42. The van der Waals surface area contributed by atoms with Crippen molar-refractivity contribution in [2.75, 3.05) is 24.1 Å². The zero-order chi connectivity index (χ0) is 32.7. The van der Waals surface area contributed by atoms with Gasteiger partial charge in [0.15, 0.2) is 11.5 Å². The summed E-state index contributed by atoms with van der Waals surface area (Å²) in [4.78, 5) is 29.8. The normalized spacial score (nSPS) is 13.1. The number of carbonyl (C=O) groups is 2. The van der Waals surface area contributed by atoms with Gasteiger partial charge in [-0.3, -0.25) is 13.9 Å². The quantitative estimate of drug-likeness (QED) is 0.216. The smallest absolute Gasteiger partial charge is 0.264 e. The van der Waals surface area contributed by atoms with Crippen molar-refractivity contribution in [1.29, 1.82) is 0 Å². The summed E-state index contributed by atoms with van der Waals surface area (Å²) in [6.45, 7) is 3.80. The molecule has 2 amide bonds. The molecule has 0 bridgehead atoms. The van der Waals surface area contributed by atoms with E-state index in [2.05, 4.69) is 5.32 Å². The monoisotopic (exact) mass is 661 g/mol. The Morgan fingerprint density at radius 1 is 0.826 bits per heavy atom. The van der Waals surface area contributed by atoms with Gasteiger partial charge in [-0.1, -0.05) is 72.3 Å². The van der Waals surface area contributed by atoms with E-state index < -0.39 is 28.5 Å². The fraction of sp³-hybridized carbons (Fsp3) is 0.257. The summed E-state index contributed by atoms with van der Waals surface area (Å²) in [5.41, 5.74) is 1.75. The summed E-state index contributed by atoms with van der Waals surface area (Å²) >= 11 is 6.31. The lowest BCUT2D eigenvalue weighted by atomic mass is 10.0. The summed E-state index contributed by atoms with van der Waals surface area (Å²) in [6.07, 6.45) is 0.209. The maximum Gasteiger partial charge on any atom is 0.264 e. The Balaban J connectivity index is 1.59. The number of anilines is 1. The highest BCUT2D eigenvalue weighted by atomic mass is 35.5. The van der Waals surface area contributed by atoms with Crippen molar-refractivity contribution < 1.29 is 27.5 Å². The summed E-state index contributed by atoms with van der Waals surface area (Å²) in [7, 11) is -4.24. The molecule has 0 saturated carbocycles. The number of nitrogens with zero attached hydrogens (tertiary/aromatic N) is 2. The maximum absolute atomic E-state index is 14.6. The molecular weight excluding hydrogens is 626 g/mol. The van der Waals surface area contributed by atoms with E-state index in [1.807, 2.05) is 50.2 Å². The molecule has 9 nitrogen and oxygen atoms in total. The van der Waals surface area contributed by atoms with Crippen LogP contribution in [0, 0.1) is 0 Å². The standard InChI is InChI=1S/C35H36ClN3O6S/c1-25(2)37-35(41)31(21-26-10-5-3-6-11-26)38(23-27-12-9-13-28(36)20-27)34(40)24-39(46(42,43)30-14-7-4-8-15-30)29-16-17-32-33(22-29)45-19-18-44-32/h3-17,20,22,25,31H,18-19,21,23-24H2,1-2H3,(H,37,41)/t31-/m1/s1. The fourth-order valence-corrected chi connectivity index (χ4v) is 6.84. The van der Waals surface area contributed by atoms with Crippen LogP contribution in [-0.4, -0.2) is 57.0 Å². The SMILES string of the molecule is CC(C)NC(=O)[C@@H](Cc1ccccc1)N(Cc1cccc(Cl)c1)C(=O)CN(c1ccc2c(c1)OCCO2)S(=O)(=O)c1ccccc1. The zero-order valence-electron chi connectivity index (χ0n) is 25.6. The van der Waals surface area contributed by atoms with Gasteiger partial charge < -0.3 is 19.7 Å². The number of ether oxygens (including phenoxy) is 2. The van der Waals surface area contributed by atoms with Gasteiger partial charge in [0.1, 0.15) is 25.8 Å². The van der Waals surface area contributed by atoms with Gasteiger partial charge in [0.25, 0.3) is 10.0 Å². The van der Waals surface area contributed by atoms with Crippen LogP contribution in [-0.2, 0) is 32.6 Å². The predicted molar refractivity (Wildman–Crippen MR) is 178 cm³/mol. The number of hydrogen-bond donors (Lipinski definition) is 1. The molecule has 4 aromatic carbocycles. The minimum absolute atomic E-state index is 0.0115. The number of fused-ring (bicyclic) bond motifs is 1. The number of hydrogen-bond acceptors (Lipinski definition) is 6. The minimum atomic E-state index is -4.24.